The molecule has 0 saturated heterocycles. The molecule has 1 fully saturated rings. The first-order valence-corrected chi connectivity index (χ1v) is 6.18. The average Bonchev–Trinajstić information content (AvgIpc) is 2.32. The number of nitrogens with zero attached hydrogens (tertiary/aromatic N) is 1. The van der Waals surface area contributed by atoms with Crippen molar-refractivity contribution in [1.29, 1.82) is 0 Å². The number of hydrogen-bond donors (Lipinski definition) is 1. The molecule has 0 spiro atoms. The van der Waals surface area contributed by atoms with Gasteiger partial charge in [-0.05, 0) is 24.5 Å². The molecule has 5 nitrogen and oxygen atoms in total. The number of nitro benzene ring substituents is 1. The lowest BCUT2D eigenvalue weighted by Gasteiger charge is -2.25. The van der Waals surface area contributed by atoms with E-state index < -0.39 is 4.92 Å². The third-order valence-corrected chi connectivity index (χ3v) is 3.45. The molecule has 0 heterocycles. The lowest BCUT2D eigenvalue weighted by molar-refractivity contribution is -0.384. The van der Waals surface area contributed by atoms with Crippen LogP contribution in [0, 0.1) is 16.0 Å². The minimum atomic E-state index is -0.460. The highest BCUT2D eigenvalue weighted by Crippen LogP contribution is 2.30. The molecule has 1 aliphatic carbocycles. The van der Waals surface area contributed by atoms with Gasteiger partial charge in [0, 0.05) is 18.2 Å². The summed E-state index contributed by atoms with van der Waals surface area (Å²) in [5.74, 6) is 0.769. The van der Waals surface area contributed by atoms with Crippen molar-refractivity contribution in [1.82, 2.24) is 0 Å². The number of rotatable bonds is 6. The monoisotopic (exact) mass is 248 g/mol. The maximum Gasteiger partial charge on any atom is 0.293 e. The van der Waals surface area contributed by atoms with Gasteiger partial charge in [-0.15, -0.1) is 0 Å². The van der Waals surface area contributed by atoms with Crippen LogP contribution < -0.4 is 5.32 Å². The molecule has 1 saturated carbocycles. The molecule has 0 radical (unpaired) electrons. The summed E-state index contributed by atoms with van der Waals surface area (Å²) in [5.41, 5.74) is 0.782. The molecular weight excluding hydrogens is 232 g/mol. The van der Waals surface area contributed by atoms with Gasteiger partial charge in [0.15, 0.2) is 0 Å². The predicted molar refractivity (Wildman–Crippen MR) is 68.9 cm³/mol. The molecule has 1 aromatic carbocycles. The van der Waals surface area contributed by atoms with Crippen LogP contribution in [-0.4, -0.2) is 17.8 Å². The van der Waals surface area contributed by atoms with Gasteiger partial charge in [-0.2, -0.15) is 0 Å². The highest BCUT2D eigenvalue weighted by Gasteiger charge is 2.18. The van der Waals surface area contributed by atoms with Gasteiger partial charge in [-0.3, -0.25) is 14.9 Å². The number of hydrogen-bond acceptors (Lipinski definition) is 4. The molecule has 0 amide bonds. The van der Waals surface area contributed by atoms with Crippen LogP contribution in [0.4, 0.5) is 11.4 Å². The van der Waals surface area contributed by atoms with E-state index in [-0.39, 0.29) is 5.69 Å². The second kappa shape index (κ2) is 5.62. The summed E-state index contributed by atoms with van der Waals surface area (Å²) in [6.45, 7) is 0.742. The van der Waals surface area contributed by atoms with Gasteiger partial charge in [0.1, 0.15) is 12.0 Å². The molecule has 5 heteroatoms. The zero-order valence-electron chi connectivity index (χ0n) is 10.1. The predicted octanol–water partition coefficient (Wildman–Crippen LogP) is 3.01. The second-order valence-corrected chi connectivity index (χ2v) is 4.66. The van der Waals surface area contributed by atoms with E-state index in [1.165, 1.54) is 25.3 Å². The van der Waals surface area contributed by atoms with Crippen molar-refractivity contribution in [2.24, 2.45) is 5.92 Å². The van der Waals surface area contributed by atoms with E-state index in [9.17, 15) is 14.9 Å². The summed E-state index contributed by atoms with van der Waals surface area (Å²) in [7, 11) is 0. The molecular formula is C13H16N2O3. The summed E-state index contributed by atoms with van der Waals surface area (Å²) in [6, 6.07) is 4.49. The summed E-state index contributed by atoms with van der Waals surface area (Å²) in [5, 5.41) is 14.0. The highest BCUT2D eigenvalue weighted by atomic mass is 16.6. The van der Waals surface area contributed by atoms with Crippen LogP contribution in [-0.2, 0) is 0 Å². The fourth-order valence-corrected chi connectivity index (χ4v) is 2.11. The first-order valence-electron chi connectivity index (χ1n) is 6.18. The maximum atomic E-state index is 10.9. The molecule has 96 valence electrons. The topological polar surface area (TPSA) is 72.2 Å². The van der Waals surface area contributed by atoms with Gasteiger partial charge in [0.25, 0.3) is 5.69 Å². The zero-order valence-corrected chi connectivity index (χ0v) is 10.1. The number of benzene rings is 1. The molecule has 0 unspecified atom stereocenters. The summed E-state index contributed by atoms with van der Waals surface area (Å²) in [6.07, 6.45) is 5.51. The summed E-state index contributed by atoms with van der Waals surface area (Å²) in [4.78, 5) is 21.0. The van der Waals surface area contributed by atoms with E-state index >= 15 is 0 Å². The van der Waals surface area contributed by atoms with Crippen LogP contribution in [0.5, 0.6) is 0 Å². The molecule has 2 rings (SSSR count). The van der Waals surface area contributed by atoms with Gasteiger partial charge < -0.3 is 5.32 Å². The Hall–Kier alpha value is -1.91. The number of aldehydes is 1. The van der Waals surface area contributed by atoms with Crippen LogP contribution in [0.2, 0.25) is 0 Å². The maximum absolute atomic E-state index is 10.9. The van der Waals surface area contributed by atoms with Crippen molar-refractivity contribution in [3.8, 4) is 0 Å². The van der Waals surface area contributed by atoms with E-state index in [1.54, 1.807) is 12.1 Å². The van der Waals surface area contributed by atoms with Crippen LogP contribution in [0.1, 0.15) is 36.0 Å². The molecule has 1 aliphatic rings. The van der Waals surface area contributed by atoms with Crippen molar-refractivity contribution >= 4 is 17.7 Å². The molecule has 0 aliphatic heterocycles. The number of nitro groups is 1. The van der Waals surface area contributed by atoms with Crippen LogP contribution >= 0.6 is 0 Å². The Bertz CT molecular complexity index is 456. The summed E-state index contributed by atoms with van der Waals surface area (Å²) >= 11 is 0. The van der Waals surface area contributed by atoms with Gasteiger partial charge >= 0.3 is 0 Å². The first-order chi connectivity index (χ1) is 8.70. The van der Waals surface area contributed by atoms with Gasteiger partial charge in [0.05, 0.1) is 4.92 Å². The van der Waals surface area contributed by atoms with Crippen LogP contribution in [0.15, 0.2) is 18.2 Å². The Morgan fingerprint density at radius 3 is 2.78 bits per heavy atom. The number of anilines is 1. The second-order valence-electron chi connectivity index (χ2n) is 4.66. The lowest BCUT2D eigenvalue weighted by Crippen LogP contribution is -2.16. The van der Waals surface area contributed by atoms with E-state index in [2.05, 4.69) is 5.32 Å². The Morgan fingerprint density at radius 1 is 1.44 bits per heavy atom. The Balaban J connectivity index is 2.01. The van der Waals surface area contributed by atoms with E-state index in [1.807, 2.05) is 0 Å². The Kier molecular flexibility index (Phi) is 3.92. The first kappa shape index (κ1) is 12.5. The smallest absolute Gasteiger partial charge is 0.293 e. The van der Waals surface area contributed by atoms with E-state index in [0.29, 0.717) is 17.5 Å². The Labute approximate surface area is 105 Å². The van der Waals surface area contributed by atoms with Crippen molar-refractivity contribution in [3.05, 3.63) is 33.9 Å². The molecule has 0 atom stereocenters. The minimum Gasteiger partial charge on any atom is -0.379 e. The van der Waals surface area contributed by atoms with Crippen molar-refractivity contribution < 1.29 is 9.72 Å². The molecule has 1 N–H and O–H groups in total. The third kappa shape index (κ3) is 2.85. The number of carbonyl (C=O) groups excluding carboxylic acids is 1. The quantitative estimate of drug-likeness (QED) is 0.477. The standard InChI is InChI=1S/C13H16N2O3/c16-9-11-4-5-12(13(8-11)15(17)18)14-7-6-10-2-1-3-10/h4-5,8-10,14H,1-3,6-7H2. The molecule has 1 aromatic rings. The van der Waals surface area contributed by atoms with Crippen molar-refractivity contribution in [3.63, 3.8) is 0 Å². The SMILES string of the molecule is O=Cc1ccc(NCCC2CCC2)c([N+](=O)[O-])c1. The minimum absolute atomic E-state index is 0.0341. The Morgan fingerprint density at radius 2 is 2.22 bits per heavy atom. The van der Waals surface area contributed by atoms with Gasteiger partial charge in [-0.1, -0.05) is 19.3 Å². The van der Waals surface area contributed by atoms with Gasteiger partial charge in [-0.25, -0.2) is 0 Å². The molecule has 0 bridgehead atoms. The van der Waals surface area contributed by atoms with Crippen LogP contribution in [0.3, 0.4) is 0 Å². The fourth-order valence-electron chi connectivity index (χ4n) is 2.11. The molecule has 0 aromatic heterocycles. The number of carbonyl (C=O) groups is 1. The normalized spacial score (nSPS) is 14.9. The largest absolute Gasteiger partial charge is 0.379 e. The van der Waals surface area contributed by atoms with E-state index in [4.69, 9.17) is 0 Å². The average molecular weight is 248 g/mol. The lowest BCUT2D eigenvalue weighted by atomic mass is 9.83. The fraction of sp³-hybridized carbons (Fsp3) is 0.462. The van der Waals surface area contributed by atoms with Gasteiger partial charge in [0.2, 0.25) is 0 Å². The van der Waals surface area contributed by atoms with Crippen LogP contribution in [0.25, 0.3) is 0 Å². The highest BCUT2D eigenvalue weighted by molar-refractivity contribution is 5.79. The third-order valence-electron chi connectivity index (χ3n) is 3.45. The molecule has 18 heavy (non-hydrogen) atoms. The number of nitrogens with one attached hydrogen (secondary N) is 1. The van der Waals surface area contributed by atoms with E-state index in [0.717, 1.165) is 18.9 Å². The van der Waals surface area contributed by atoms with Crippen molar-refractivity contribution in [2.75, 3.05) is 11.9 Å². The van der Waals surface area contributed by atoms with Crippen molar-refractivity contribution in [2.45, 2.75) is 25.7 Å². The zero-order chi connectivity index (χ0) is 13.0. The summed E-state index contributed by atoms with van der Waals surface area (Å²) < 4.78 is 0.